The summed E-state index contributed by atoms with van der Waals surface area (Å²) in [6.07, 6.45) is 1.86. The highest BCUT2D eigenvalue weighted by molar-refractivity contribution is 9.10. The third-order valence-electron chi connectivity index (χ3n) is 2.97. The third kappa shape index (κ3) is 2.72. The Morgan fingerprint density at radius 3 is 2.39 bits per heavy atom. The highest BCUT2D eigenvalue weighted by atomic mass is 79.9. The van der Waals surface area contributed by atoms with Crippen molar-refractivity contribution in [2.45, 2.75) is 20.8 Å². The molecule has 0 amide bonds. The van der Waals surface area contributed by atoms with Crippen molar-refractivity contribution in [3.8, 4) is 0 Å². The van der Waals surface area contributed by atoms with Gasteiger partial charge < -0.3 is 4.90 Å². The van der Waals surface area contributed by atoms with E-state index in [1.807, 2.05) is 6.20 Å². The maximum Gasteiger partial charge on any atom is 0.133 e. The summed E-state index contributed by atoms with van der Waals surface area (Å²) in [6, 6.07) is 10.6. The Morgan fingerprint density at radius 1 is 1.17 bits per heavy atom. The van der Waals surface area contributed by atoms with Gasteiger partial charge in [-0.15, -0.1) is 0 Å². The first-order chi connectivity index (χ1) is 8.61. The van der Waals surface area contributed by atoms with Gasteiger partial charge in [-0.1, -0.05) is 17.7 Å². The first-order valence-corrected chi connectivity index (χ1v) is 6.87. The Hall–Kier alpha value is -1.35. The van der Waals surface area contributed by atoms with E-state index in [0.29, 0.717) is 0 Å². The van der Waals surface area contributed by atoms with Gasteiger partial charge in [0.25, 0.3) is 0 Å². The van der Waals surface area contributed by atoms with Crippen molar-refractivity contribution >= 4 is 27.4 Å². The van der Waals surface area contributed by atoms with Crippen LogP contribution in [0.1, 0.15) is 18.1 Å². The number of pyridine rings is 1. The van der Waals surface area contributed by atoms with E-state index in [4.69, 9.17) is 0 Å². The first kappa shape index (κ1) is 13.1. The summed E-state index contributed by atoms with van der Waals surface area (Å²) in [5.41, 5.74) is 3.65. The molecule has 0 fully saturated rings. The number of aromatic nitrogens is 1. The SMILES string of the molecule is CCN(c1ccc(C)cc1)c1cc(C)c(Br)cn1. The smallest absolute Gasteiger partial charge is 0.133 e. The molecule has 0 radical (unpaired) electrons. The zero-order chi connectivity index (χ0) is 13.1. The van der Waals surface area contributed by atoms with Crippen LogP contribution in [0.2, 0.25) is 0 Å². The molecule has 0 saturated heterocycles. The maximum absolute atomic E-state index is 4.49. The minimum Gasteiger partial charge on any atom is -0.327 e. The van der Waals surface area contributed by atoms with Gasteiger partial charge in [-0.2, -0.15) is 0 Å². The van der Waals surface area contributed by atoms with Crippen LogP contribution >= 0.6 is 15.9 Å². The van der Waals surface area contributed by atoms with E-state index in [1.165, 1.54) is 16.8 Å². The van der Waals surface area contributed by atoms with Gasteiger partial charge in [0, 0.05) is 22.9 Å². The predicted octanol–water partition coefficient (Wildman–Crippen LogP) is 4.62. The first-order valence-electron chi connectivity index (χ1n) is 6.08. The Kier molecular flexibility index (Phi) is 4.02. The molecule has 1 heterocycles. The van der Waals surface area contributed by atoms with Crippen LogP contribution in [0, 0.1) is 13.8 Å². The minimum atomic E-state index is 0.900. The molecule has 0 atom stereocenters. The van der Waals surface area contributed by atoms with Crippen LogP contribution in [0.15, 0.2) is 41.0 Å². The summed E-state index contributed by atoms with van der Waals surface area (Å²) < 4.78 is 1.05. The van der Waals surface area contributed by atoms with E-state index in [2.05, 4.69) is 76.9 Å². The number of aryl methyl sites for hydroxylation is 2. The fourth-order valence-corrected chi connectivity index (χ4v) is 2.09. The fraction of sp³-hybridized carbons (Fsp3) is 0.267. The number of halogens is 1. The largest absolute Gasteiger partial charge is 0.327 e. The van der Waals surface area contributed by atoms with E-state index in [9.17, 15) is 0 Å². The molecule has 94 valence electrons. The van der Waals surface area contributed by atoms with Crippen molar-refractivity contribution in [3.05, 3.63) is 52.1 Å². The molecule has 0 aliphatic carbocycles. The molecule has 2 nitrogen and oxygen atoms in total. The van der Waals surface area contributed by atoms with E-state index < -0.39 is 0 Å². The monoisotopic (exact) mass is 304 g/mol. The molecule has 0 saturated carbocycles. The van der Waals surface area contributed by atoms with Crippen LogP contribution in [0.5, 0.6) is 0 Å². The summed E-state index contributed by atoms with van der Waals surface area (Å²) in [6.45, 7) is 7.22. The van der Waals surface area contributed by atoms with Crippen molar-refractivity contribution in [2.75, 3.05) is 11.4 Å². The molecule has 18 heavy (non-hydrogen) atoms. The molecule has 1 aromatic heterocycles. The molecule has 0 unspecified atom stereocenters. The van der Waals surface area contributed by atoms with Gasteiger partial charge in [0.1, 0.15) is 5.82 Å². The van der Waals surface area contributed by atoms with Crippen LogP contribution < -0.4 is 4.90 Å². The zero-order valence-electron chi connectivity index (χ0n) is 10.9. The van der Waals surface area contributed by atoms with Gasteiger partial charge in [-0.3, -0.25) is 0 Å². The molecule has 0 N–H and O–H groups in total. The zero-order valence-corrected chi connectivity index (χ0v) is 12.5. The van der Waals surface area contributed by atoms with E-state index in [-0.39, 0.29) is 0 Å². The Bertz CT molecular complexity index is 535. The van der Waals surface area contributed by atoms with Crippen LogP contribution in [-0.4, -0.2) is 11.5 Å². The summed E-state index contributed by atoms with van der Waals surface area (Å²) in [5, 5.41) is 0. The number of anilines is 2. The molecule has 0 bridgehead atoms. The molecule has 0 aliphatic heterocycles. The number of hydrogen-bond acceptors (Lipinski definition) is 2. The van der Waals surface area contributed by atoms with Crippen LogP contribution in [-0.2, 0) is 0 Å². The van der Waals surface area contributed by atoms with Crippen molar-refractivity contribution < 1.29 is 0 Å². The molecular formula is C15H17BrN2. The van der Waals surface area contributed by atoms with Crippen molar-refractivity contribution in [3.63, 3.8) is 0 Å². The standard InChI is InChI=1S/C15H17BrN2/c1-4-18(13-7-5-11(2)6-8-13)15-9-12(3)14(16)10-17-15/h5-10H,4H2,1-3H3. The summed E-state index contributed by atoms with van der Waals surface area (Å²) >= 11 is 3.49. The van der Waals surface area contributed by atoms with Gasteiger partial charge in [-0.25, -0.2) is 4.98 Å². The highest BCUT2D eigenvalue weighted by Crippen LogP contribution is 2.26. The number of benzene rings is 1. The number of nitrogens with zero attached hydrogens (tertiary/aromatic N) is 2. The van der Waals surface area contributed by atoms with E-state index in [0.717, 1.165) is 16.8 Å². The Balaban J connectivity index is 2.38. The average molecular weight is 305 g/mol. The van der Waals surface area contributed by atoms with Gasteiger partial charge in [0.05, 0.1) is 0 Å². The van der Waals surface area contributed by atoms with E-state index in [1.54, 1.807) is 0 Å². The lowest BCUT2D eigenvalue weighted by atomic mass is 10.2. The molecule has 2 rings (SSSR count). The lowest BCUT2D eigenvalue weighted by Crippen LogP contribution is -2.17. The van der Waals surface area contributed by atoms with Crippen LogP contribution in [0.25, 0.3) is 0 Å². The van der Waals surface area contributed by atoms with Crippen LogP contribution in [0.3, 0.4) is 0 Å². The molecule has 3 heteroatoms. The van der Waals surface area contributed by atoms with Crippen molar-refractivity contribution in [1.82, 2.24) is 4.98 Å². The summed E-state index contributed by atoms with van der Waals surface area (Å²) in [5.74, 6) is 0.988. The van der Waals surface area contributed by atoms with Gasteiger partial charge >= 0.3 is 0 Å². The second-order valence-corrected chi connectivity index (χ2v) is 5.23. The lowest BCUT2D eigenvalue weighted by molar-refractivity contribution is 0.984. The Labute approximate surface area is 117 Å². The highest BCUT2D eigenvalue weighted by Gasteiger charge is 2.09. The number of hydrogen-bond donors (Lipinski definition) is 0. The Morgan fingerprint density at radius 2 is 1.83 bits per heavy atom. The topological polar surface area (TPSA) is 16.1 Å². The molecule has 2 aromatic rings. The third-order valence-corrected chi connectivity index (χ3v) is 3.80. The summed E-state index contributed by atoms with van der Waals surface area (Å²) in [7, 11) is 0. The fourth-order valence-electron chi connectivity index (χ4n) is 1.87. The van der Waals surface area contributed by atoms with Crippen LogP contribution in [0.4, 0.5) is 11.5 Å². The molecule has 1 aromatic carbocycles. The van der Waals surface area contributed by atoms with Crippen molar-refractivity contribution in [1.29, 1.82) is 0 Å². The molecule has 0 spiro atoms. The summed E-state index contributed by atoms with van der Waals surface area (Å²) in [4.78, 5) is 6.70. The average Bonchev–Trinajstić information content (AvgIpc) is 2.37. The minimum absolute atomic E-state index is 0.900. The van der Waals surface area contributed by atoms with E-state index >= 15 is 0 Å². The van der Waals surface area contributed by atoms with Gasteiger partial charge in [-0.05, 0) is 60.5 Å². The number of rotatable bonds is 3. The van der Waals surface area contributed by atoms with Gasteiger partial charge in [0.2, 0.25) is 0 Å². The normalized spacial score (nSPS) is 10.4. The lowest BCUT2D eigenvalue weighted by Gasteiger charge is -2.22. The maximum atomic E-state index is 4.49. The second-order valence-electron chi connectivity index (χ2n) is 4.37. The van der Waals surface area contributed by atoms with Gasteiger partial charge in [0.15, 0.2) is 0 Å². The molecular weight excluding hydrogens is 288 g/mol. The van der Waals surface area contributed by atoms with Crippen molar-refractivity contribution in [2.24, 2.45) is 0 Å². The quantitative estimate of drug-likeness (QED) is 0.822. The predicted molar refractivity (Wildman–Crippen MR) is 80.5 cm³/mol. The second kappa shape index (κ2) is 5.53. The molecule has 0 aliphatic rings.